The lowest BCUT2D eigenvalue weighted by Crippen LogP contribution is -2.36. The van der Waals surface area contributed by atoms with Crippen molar-refractivity contribution in [1.82, 2.24) is 5.32 Å². The van der Waals surface area contributed by atoms with Crippen LogP contribution in [-0.4, -0.2) is 43.3 Å². The van der Waals surface area contributed by atoms with Crippen LogP contribution in [0, 0.1) is 5.92 Å². The van der Waals surface area contributed by atoms with Crippen molar-refractivity contribution in [3.05, 3.63) is 23.8 Å². The molecule has 0 unspecified atom stereocenters. The molecule has 0 aliphatic heterocycles. The number of nitrogens with one attached hydrogen (secondary N) is 1. The summed E-state index contributed by atoms with van der Waals surface area (Å²) in [6, 6.07) is 5.40. The predicted molar refractivity (Wildman–Crippen MR) is 96.0 cm³/mol. The molecule has 1 aromatic rings. The van der Waals surface area contributed by atoms with Gasteiger partial charge in [0.15, 0.2) is 17.3 Å². The van der Waals surface area contributed by atoms with Crippen LogP contribution >= 0.6 is 0 Å². The molecule has 0 aromatic heterocycles. The van der Waals surface area contributed by atoms with Gasteiger partial charge < -0.3 is 19.9 Å². The molecule has 0 radical (unpaired) electrons. The van der Waals surface area contributed by atoms with Crippen LogP contribution in [0.1, 0.15) is 50.9 Å². The number of methoxy groups -OCH3 is 1. The first-order valence-corrected chi connectivity index (χ1v) is 8.56. The monoisotopic (exact) mass is 337 g/mol. The number of aliphatic hydroxyl groups is 1. The largest absolute Gasteiger partial charge is 0.493 e. The van der Waals surface area contributed by atoms with Crippen LogP contribution < -0.4 is 14.8 Å². The third-order valence-corrected chi connectivity index (χ3v) is 3.88. The highest BCUT2D eigenvalue weighted by Gasteiger charge is 2.12. The zero-order chi connectivity index (χ0) is 18.1. The van der Waals surface area contributed by atoms with Crippen LogP contribution in [-0.2, 0) is 0 Å². The van der Waals surface area contributed by atoms with E-state index in [9.17, 15) is 9.90 Å². The fraction of sp³-hybridized carbons (Fsp3) is 0.632. The van der Waals surface area contributed by atoms with Crippen molar-refractivity contribution in [3.8, 4) is 11.5 Å². The van der Waals surface area contributed by atoms with E-state index in [0.29, 0.717) is 35.6 Å². The first kappa shape index (κ1) is 20.5. The Morgan fingerprint density at radius 2 is 1.92 bits per heavy atom. The van der Waals surface area contributed by atoms with E-state index >= 15 is 0 Å². The van der Waals surface area contributed by atoms with Gasteiger partial charge >= 0.3 is 0 Å². The SMILES string of the molecule is COc1cc(C(C)=O)ccc1OC[C@@H](O)CN[C@H](C)CCC(C)C. The van der Waals surface area contributed by atoms with E-state index < -0.39 is 6.10 Å². The van der Waals surface area contributed by atoms with Gasteiger partial charge in [0.05, 0.1) is 7.11 Å². The summed E-state index contributed by atoms with van der Waals surface area (Å²) in [6.07, 6.45) is 1.65. The summed E-state index contributed by atoms with van der Waals surface area (Å²) < 4.78 is 10.9. The van der Waals surface area contributed by atoms with Gasteiger partial charge in [-0.05, 0) is 50.8 Å². The minimum atomic E-state index is -0.608. The fourth-order valence-electron chi connectivity index (χ4n) is 2.27. The molecule has 0 fully saturated rings. The van der Waals surface area contributed by atoms with Crippen molar-refractivity contribution in [2.45, 2.75) is 52.7 Å². The minimum absolute atomic E-state index is 0.0283. The van der Waals surface area contributed by atoms with Gasteiger partial charge in [0.2, 0.25) is 0 Å². The molecule has 2 N–H and O–H groups in total. The third kappa shape index (κ3) is 7.32. The van der Waals surface area contributed by atoms with E-state index in [2.05, 4.69) is 26.1 Å². The molecule has 1 aromatic carbocycles. The zero-order valence-electron chi connectivity index (χ0n) is 15.5. The molecule has 136 valence electrons. The Morgan fingerprint density at radius 3 is 2.50 bits per heavy atom. The van der Waals surface area contributed by atoms with Crippen molar-refractivity contribution >= 4 is 5.78 Å². The van der Waals surface area contributed by atoms with Gasteiger partial charge in [0.1, 0.15) is 12.7 Å². The lowest BCUT2D eigenvalue weighted by atomic mass is 10.0. The van der Waals surface area contributed by atoms with Crippen LogP contribution in [0.4, 0.5) is 0 Å². The fourth-order valence-corrected chi connectivity index (χ4v) is 2.27. The van der Waals surface area contributed by atoms with Gasteiger partial charge in [-0.25, -0.2) is 0 Å². The van der Waals surface area contributed by atoms with Crippen molar-refractivity contribution in [3.63, 3.8) is 0 Å². The Labute approximate surface area is 145 Å². The molecule has 0 aliphatic rings. The summed E-state index contributed by atoms with van der Waals surface area (Å²) in [5.41, 5.74) is 0.570. The van der Waals surface area contributed by atoms with E-state index in [1.165, 1.54) is 20.5 Å². The van der Waals surface area contributed by atoms with Gasteiger partial charge in [-0.3, -0.25) is 4.79 Å². The third-order valence-electron chi connectivity index (χ3n) is 3.88. The Balaban J connectivity index is 2.43. The Hall–Kier alpha value is -1.59. The van der Waals surface area contributed by atoms with Crippen LogP contribution in [0.5, 0.6) is 11.5 Å². The Bertz CT molecular complexity index is 516. The van der Waals surface area contributed by atoms with Crippen molar-refractivity contribution in [1.29, 1.82) is 0 Å². The first-order valence-electron chi connectivity index (χ1n) is 8.56. The van der Waals surface area contributed by atoms with Crippen molar-refractivity contribution < 1.29 is 19.4 Å². The second-order valence-corrected chi connectivity index (χ2v) is 6.67. The van der Waals surface area contributed by atoms with E-state index in [1.54, 1.807) is 18.2 Å². The van der Waals surface area contributed by atoms with E-state index in [1.807, 2.05) is 0 Å². The molecule has 0 heterocycles. The lowest BCUT2D eigenvalue weighted by Gasteiger charge is -2.19. The molecule has 0 saturated heterocycles. The number of rotatable bonds is 11. The normalized spacial score (nSPS) is 13.6. The maximum Gasteiger partial charge on any atom is 0.161 e. The molecule has 1 rings (SSSR count). The molecule has 5 nitrogen and oxygen atoms in total. The molecule has 2 atom stereocenters. The minimum Gasteiger partial charge on any atom is -0.493 e. The van der Waals surface area contributed by atoms with E-state index in [0.717, 1.165) is 6.42 Å². The van der Waals surface area contributed by atoms with Gasteiger partial charge in [0, 0.05) is 18.2 Å². The van der Waals surface area contributed by atoms with Gasteiger partial charge in [-0.1, -0.05) is 13.8 Å². The number of carbonyl (C=O) groups is 1. The average Bonchev–Trinajstić information content (AvgIpc) is 2.55. The molecule has 5 heteroatoms. The van der Waals surface area contributed by atoms with Gasteiger partial charge in [0.25, 0.3) is 0 Å². The van der Waals surface area contributed by atoms with Crippen LogP contribution in [0.15, 0.2) is 18.2 Å². The standard InChI is InChI=1S/C19H31NO4/c1-13(2)6-7-14(3)20-11-17(22)12-24-18-9-8-16(15(4)21)10-19(18)23-5/h8-10,13-14,17,20,22H,6-7,11-12H2,1-5H3/t14-,17+/m1/s1. The maximum absolute atomic E-state index is 11.4. The quantitative estimate of drug-likeness (QED) is 0.608. The molecule has 0 saturated carbocycles. The highest BCUT2D eigenvalue weighted by molar-refractivity contribution is 5.94. The van der Waals surface area contributed by atoms with Crippen molar-refractivity contribution in [2.24, 2.45) is 5.92 Å². The summed E-state index contributed by atoms with van der Waals surface area (Å²) in [7, 11) is 1.53. The number of benzene rings is 1. The lowest BCUT2D eigenvalue weighted by molar-refractivity contribution is 0.100. The molecule has 0 spiro atoms. The highest BCUT2D eigenvalue weighted by atomic mass is 16.5. The van der Waals surface area contributed by atoms with Crippen LogP contribution in [0.25, 0.3) is 0 Å². The average molecular weight is 337 g/mol. The Morgan fingerprint density at radius 1 is 1.21 bits per heavy atom. The summed E-state index contributed by atoms with van der Waals surface area (Å²) >= 11 is 0. The first-order chi connectivity index (χ1) is 11.3. The summed E-state index contributed by atoms with van der Waals surface area (Å²) in [4.78, 5) is 11.4. The number of aliphatic hydroxyl groups excluding tert-OH is 1. The number of hydrogen-bond acceptors (Lipinski definition) is 5. The van der Waals surface area contributed by atoms with Crippen LogP contribution in [0.2, 0.25) is 0 Å². The smallest absolute Gasteiger partial charge is 0.161 e. The van der Waals surface area contributed by atoms with Crippen LogP contribution in [0.3, 0.4) is 0 Å². The molecule has 0 bridgehead atoms. The second-order valence-electron chi connectivity index (χ2n) is 6.67. The zero-order valence-corrected chi connectivity index (χ0v) is 15.5. The van der Waals surface area contributed by atoms with Gasteiger partial charge in [-0.2, -0.15) is 0 Å². The number of ketones is 1. The Kier molecular flexibility index (Phi) is 8.79. The van der Waals surface area contributed by atoms with E-state index in [4.69, 9.17) is 9.47 Å². The summed E-state index contributed by atoms with van der Waals surface area (Å²) in [6.45, 7) is 8.69. The molecule has 0 aliphatic carbocycles. The highest BCUT2D eigenvalue weighted by Crippen LogP contribution is 2.28. The molecule has 24 heavy (non-hydrogen) atoms. The maximum atomic E-state index is 11.4. The number of ether oxygens (including phenoxy) is 2. The van der Waals surface area contributed by atoms with Crippen molar-refractivity contribution in [2.75, 3.05) is 20.3 Å². The number of carbonyl (C=O) groups excluding carboxylic acids is 1. The molecule has 0 amide bonds. The second kappa shape index (κ2) is 10.3. The summed E-state index contributed by atoms with van der Waals surface area (Å²) in [5.74, 6) is 1.68. The van der Waals surface area contributed by atoms with E-state index in [-0.39, 0.29) is 12.4 Å². The molecular formula is C19H31NO4. The number of hydrogen-bond donors (Lipinski definition) is 2. The topological polar surface area (TPSA) is 67.8 Å². The number of Topliss-reactive ketones (excluding diaryl/α,β-unsaturated/α-hetero) is 1. The van der Waals surface area contributed by atoms with Gasteiger partial charge in [-0.15, -0.1) is 0 Å². The predicted octanol–water partition coefficient (Wildman–Crippen LogP) is 3.05. The summed E-state index contributed by atoms with van der Waals surface area (Å²) in [5, 5.41) is 13.4. The molecular weight excluding hydrogens is 306 g/mol.